The minimum atomic E-state index is -4.97. The number of aromatic nitrogens is 3. The molecule has 0 N–H and O–H groups in total. The van der Waals surface area contributed by atoms with Gasteiger partial charge in [-0.15, -0.1) is 5.10 Å². The van der Waals surface area contributed by atoms with Gasteiger partial charge in [0.15, 0.2) is 11.5 Å². The van der Waals surface area contributed by atoms with E-state index in [1.54, 1.807) is 13.8 Å². The Kier molecular flexibility index (Phi) is 4.32. The van der Waals surface area contributed by atoms with Crippen LogP contribution in [0.3, 0.4) is 0 Å². The first-order valence-corrected chi connectivity index (χ1v) is 6.98. The van der Waals surface area contributed by atoms with Crippen molar-refractivity contribution in [1.29, 1.82) is 0 Å². The third-order valence-electron chi connectivity index (χ3n) is 3.10. The van der Waals surface area contributed by atoms with Crippen molar-refractivity contribution in [2.24, 2.45) is 0 Å². The molecule has 5 nitrogen and oxygen atoms in total. The zero-order valence-electron chi connectivity index (χ0n) is 12.1. The predicted octanol–water partition coefficient (Wildman–Crippen LogP) is 3.42. The van der Waals surface area contributed by atoms with Gasteiger partial charge in [0.1, 0.15) is 5.15 Å². The molecule has 2 aromatic heterocycles. The summed E-state index contributed by atoms with van der Waals surface area (Å²) in [5.74, 6) is -2.19. The van der Waals surface area contributed by atoms with Crippen LogP contribution in [0.15, 0.2) is 12.3 Å². The van der Waals surface area contributed by atoms with Crippen LogP contribution in [0.5, 0.6) is 0 Å². The Balaban J connectivity index is 2.68. The summed E-state index contributed by atoms with van der Waals surface area (Å²) >= 11 is 5.84. The van der Waals surface area contributed by atoms with Crippen molar-refractivity contribution in [1.82, 2.24) is 14.6 Å². The van der Waals surface area contributed by atoms with Crippen LogP contribution in [-0.4, -0.2) is 33.2 Å². The van der Waals surface area contributed by atoms with E-state index in [0.717, 1.165) is 0 Å². The molecule has 0 spiro atoms. The largest absolute Gasteiger partial charge is 0.471 e. The Morgan fingerprint density at radius 1 is 1.45 bits per heavy atom. The number of amides is 1. The summed E-state index contributed by atoms with van der Waals surface area (Å²) in [6.07, 6.45) is -3.48. The molecule has 0 saturated heterocycles. The van der Waals surface area contributed by atoms with Gasteiger partial charge in [0.05, 0.1) is 0 Å². The summed E-state index contributed by atoms with van der Waals surface area (Å²) in [5.41, 5.74) is 0.785. The molecule has 2 aromatic rings. The lowest BCUT2D eigenvalue weighted by atomic mass is 10.1. The molecule has 0 aliphatic carbocycles. The van der Waals surface area contributed by atoms with Gasteiger partial charge in [0, 0.05) is 18.3 Å². The average molecular weight is 335 g/mol. The molecule has 0 radical (unpaired) electrons. The lowest BCUT2D eigenvalue weighted by molar-refractivity contribution is -0.170. The highest BCUT2D eigenvalue weighted by molar-refractivity contribution is 6.29. The number of carbonyl (C=O) groups is 1. The van der Waals surface area contributed by atoms with Gasteiger partial charge in [-0.25, -0.2) is 9.50 Å². The molecule has 22 heavy (non-hydrogen) atoms. The predicted molar refractivity (Wildman–Crippen MR) is 76.2 cm³/mol. The number of fused-ring (bicyclic) bond motifs is 1. The standard InChI is InChI=1S/C13H14ClF3N4O/c1-4-20(12(22)13(15,16)17)11-9(7(2)3)10-18-8(14)5-6-21(10)19-11/h5-7H,4H2,1-3H3. The molecule has 120 valence electrons. The molecule has 0 atom stereocenters. The molecule has 1 amide bonds. The van der Waals surface area contributed by atoms with Gasteiger partial charge < -0.3 is 0 Å². The summed E-state index contributed by atoms with van der Waals surface area (Å²) < 4.78 is 39.6. The van der Waals surface area contributed by atoms with Crippen molar-refractivity contribution in [3.63, 3.8) is 0 Å². The summed E-state index contributed by atoms with van der Waals surface area (Å²) in [4.78, 5) is 16.3. The van der Waals surface area contributed by atoms with Crippen molar-refractivity contribution in [2.75, 3.05) is 11.4 Å². The number of carbonyl (C=O) groups excluding carboxylic acids is 1. The van der Waals surface area contributed by atoms with E-state index in [2.05, 4.69) is 10.1 Å². The van der Waals surface area contributed by atoms with Gasteiger partial charge >= 0.3 is 12.1 Å². The molecule has 0 unspecified atom stereocenters. The first kappa shape index (κ1) is 16.5. The van der Waals surface area contributed by atoms with Crippen LogP contribution >= 0.6 is 11.6 Å². The first-order valence-electron chi connectivity index (χ1n) is 6.60. The highest BCUT2D eigenvalue weighted by atomic mass is 35.5. The Labute approximate surface area is 129 Å². The lowest BCUT2D eigenvalue weighted by Gasteiger charge is -2.21. The quantitative estimate of drug-likeness (QED) is 0.808. The number of alkyl halides is 3. The summed E-state index contributed by atoms with van der Waals surface area (Å²) in [7, 11) is 0. The maximum absolute atomic E-state index is 12.8. The molecular weight excluding hydrogens is 321 g/mol. The molecule has 0 aliphatic rings. The molecule has 2 heterocycles. The van der Waals surface area contributed by atoms with Gasteiger partial charge in [-0.1, -0.05) is 25.4 Å². The lowest BCUT2D eigenvalue weighted by Crippen LogP contribution is -2.41. The van der Waals surface area contributed by atoms with Crippen molar-refractivity contribution in [2.45, 2.75) is 32.9 Å². The van der Waals surface area contributed by atoms with Gasteiger partial charge in [-0.2, -0.15) is 13.2 Å². The van der Waals surface area contributed by atoms with Gasteiger partial charge in [-0.05, 0) is 18.9 Å². The molecule has 2 rings (SSSR count). The third-order valence-corrected chi connectivity index (χ3v) is 3.31. The maximum Gasteiger partial charge on any atom is 0.471 e. The number of halogens is 4. The minimum absolute atomic E-state index is 0.0467. The topological polar surface area (TPSA) is 50.5 Å². The smallest absolute Gasteiger partial charge is 0.287 e. The van der Waals surface area contributed by atoms with E-state index in [-0.39, 0.29) is 23.4 Å². The minimum Gasteiger partial charge on any atom is -0.287 e. The molecule has 0 aliphatic heterocycles. The zero-order valence-corrected chi connectivity index (χ0v) is 12.9. The van der Waals surface area contributed by atoms with Crippen LogP contribution in [0.1, 0.15) is 32.3 Å². The van der Waals surface area contributed by atoms with Gasteiger partial charge in [-0.3, -0.25) is 9.69 Å². The van der Waals surface area contributed by atoms with E-state index in [1.165, 1.54) is 23.7 Å². The second-order valence-corrected chi connectivity index (χ2v) is 5.34. The number of hydrogen-bond donors (Lipinski definition) is 0. The van der Waals surface area contributed by atoms with Crippen LogP contribution in [-0.2, 0) is 4.79 Å². The fraction of sp³-hybridized carbons (Fsp3) is 0.462. The SMILES string of the molecule is CCN(C(=O)C(F)(F)F)c1nn2ccc(Cl)nc2c1C(C)C. The van der Waals surface area contributed by atoms with Crippen molar-refractivity contribution in [3.8, 4) is 0 Å². The van der Waals surface area contributed by atoms with Crippen molar-refractivity contribution >= 4 is 29.0 Å². The number of nitrogens with zero attached hydrogens (tertiary/aromatic N) is 4. The van der Waals surface area contributed by atoms with E-state index < -0.39 is 12.1 Å². The zero-order chi connectivity index (χ0) is 16.7. The summed E-state index contributed by atoms with van der Waals surface area (Å²) in [5, 5.41) is 4.28. The van der Waals surface area contributed by atoms with E-state index in [4.69, 9.17) is 11.6 Å². The molecule has 0 aromatic carbocycles. The monoisotopic (exact) mass is 334 g/mol. The molecular formula is C13H14ClF3N4O. The number of anilines is 1. The number of rotatable bonds is 3. The molecule has 0 fully saturated rings. The van der Waals surface area contributed by atoms with E-state index in [9.17, 15) is 18.0 Å². The van der Waals surface area contributed by atoms with Gasteiger partial charge in [0.25, 0.3) is 0 Å². The molecule has 9 heteroatoms. The summed E-state index contributed by atoms with van der Waals surface area (Å²) in [6.45, 7) is 4.87. The average Bonchev–Trinajstić information content (AvgIpc) is 2.76. The highest BCUT2D eigenvalue weighted by Gasteiger charge is 2.44. The Morgan fingerprint density at radius 2 is 2.09 bits per heavy atom. The van der Waals surface area contributed by atoms with Crippen LogP contribution in [0, 0.1) is 0 Å². The second-order valence-electron chi connectivity index (χ2n) is 4.96. The highest BCUT2D eigenvalue weighted by Crippen LogP contribution is 2.32. The van der Waals surface area contributed by atoms with E-state index in [1.807, 2.05) is 0 Å². The van der Waals surface area contributed by atoms with Crippen molar-refractivity contribution < 1.29 is 18.0 Å². The molecule has 0 saturated carbocycles. The van der Waals surface area contributed by atoms with Crippen LogP contribution < -0.4 is 4.90 Å². The Bertz CT molecular complexity index is 711. The normalized spacial score (nSPS) is 12.2. The second kappa shape index (κ2) is 5.75. The van der Waals surface area contributed by atoms with Crippen LogP contribution in [0.2, 0.25) is 5.15 Å². The van der Waals surface area contributed by atoms with Gasteiger partial charge in [0.2, 0.25) is 0 Å². The Morgan fingerprint density at radius 3 is 2.59 bits per heavy atom. The Hall–Kier alpha value is -1.83. The third kappa shape index (κ3) is 2.87. The van der Waals surface area contributed by atoms with Crippen LogP contribution in [0.25, 0.3) is 5.65 Å². The van der Waals surface area contributed by atoms with E-state index >= 15 is 0 Å². The number of hydrogen-bond acceptors (Lipinski definition) is 3. The fourth-order valence-corrected chi connectivity index (χ4v) is 2.31. The van der Waals surface area contributed by atoms with Crippen molar-refractivity contribution in [3.05, 3.63) is 23.0 Å². The van der Waals surface area contributed by atoms with E-state index in [0.29, 0.717) is 16.1 Å². The maximum atomic E-state index is 12.8. The summed E-state index contributed by atoms with van der Waals surface area (Å²) in [6, 6.07) is 1.47. The molecule has 0 bridgehead atoms. The first-order chi connectivity index (χ1) is 10.2. The fourth-order valence-electron chi connectivity index (χ4n) is 2.17. The van der Waals surface area contributed by atoms with Crippen LogP contribution in [0.4, 0.5) is 19.0 Å².